The molecule has 0 atom stereocenters. The molecule has 6 nitrogen and oxygen atoms in total. The van der Waals surface area contributed by atoms with Crippen molar-refractivity contribution < 1.29 is 5.21 Å². The van der Waals surface area contributed by atoms with E-state index in [1.54, 1.807) is 11.0 Å². The van der Waals surface area contributed by atoms with Crippen LogP contribution in [0.5, 0.6) is 0 Å². The van der Waals surface area contributed by atoms with Gasteiger partial charge in [0.15, 0.2) is 0 Å². The Morgan fingerprint density at radius 2 is 2.11 bits per heavy atom. The number of nitrogens with zero attached hydrogens (tertiary/aromatic N) is 4. The lowest BCUT2D eigenvalue weighted by Crippen LogP contribution is -2.15. The van der Waals surface area contributed by atoms with Crippen molar-refractivity contribution in [3.63, 3.8) is 0 Å². The fourth-order valence-electron chi connectivity index (χ4n) is 1.65. The van der Waals surface area contributed by atoms with Crippen LogP contribution < -0.4 is 5.73 Å². The molecule has 3 N–H and O–H groups in total. The van der Waals surface area contributed by atoms with E-state index in [0.717, 1.165) is 19.4 Å². The van der Waals surface area contributed by atoms with E-state index in [1.165, 1.54) is 5.56 Å². The van der Waals surface area contributed by atoms with Crippen LogP contribution in [0.15, 0.2) is 41.8 Å². The quantitative estimate of drug-likeness (QED) is 0.356. The molecule has 0 saturated carbocycles. The number of aryl methyl sites for hydroxylation is 2. The maximum atomic E-state index is 8.50. The van der Waals surface area contributed by atoms with E-state index in [2.05, 4.69) is 27.4 Å². The maximum Gasteiger partial charge on any atom is 0.219 e. The number of hydrogen-bond donors (Lipinski definition) is 2. The lowest BCUT2D eigenvalue weighted by molar-refractivity contribution is 0.318. The number of amidine groups is 1. The molecule has 1 aromatic heterocycles. The molecule has 1 heterocycles. The highest BCUT2D eigenvalue weighted by atomic mass is 16.4. The summed E-state index contributed by atoms with van der Waals surface area (Å²) in [5.74, 6) is 0.175. The van der Waals surface area contributed by atoms with Gasteiger partial charge in [-0.05, 0) is 18.4 Å². The Labute approximate surface area is 105 Å². The first kappa shape index (κ1) is 12.1. The van der Waals surface area contributed by atoms with Crippen molar-refractivity contribution in [3.05, 3.63) is 48.0 Å². The Morgan fingerprint density at radius 3 is 2.83 bits per heavy atom. The molecule has 0 fully saturated rings. The SMILES string of the molecule is NC(=NO)c1ncn(CCCc2ccccc2)n1. The van der Waals surface area contributed by atoms with Crippen LogP contribution in [0.2, 0.25) is 0 Å². The molecule has 18 heavy (non-hydrogen) atoms. The fourth-order valence-corrected chi connectivity index (χ4v) is 1.65. The van der Waals surface area contributed by atoms with Crippen molar-refractivity contribution in [3.8, 4) is 0 Å². The molecule has 2 aromatic rings. The number of aromatic nitrogens is 3. The molecular weight excluding hydrogens is 230 g/mol. The van der Waals surface area contributed by atoms with Crippen LogP contribution in [-0.4, -0.2) is 25.8 Å². The number of nitrogens with two attached hydrogens (primary N) is 1. The van der Waals surface area contributed by atoms with Gasteiger partial charge in [-0.1, -0.05) is 35.5 Å². The van der Waals surface area contributed by atoms with E-state index in [4.69, 9.17) is 10.9 Å². The summed E-state index contributed by atoms with van der Waals surface area (Å²) in [6.07, 6.45) is 3.53. The second-order valence-corrected chi connectivity index (χ2v) is 3.91. The largest absolute Gasteiger partial charge is 0.409 e. The second-order valence-electron chi connectivity index (χ2n) is 3.91. The minimum Gasteiger partial charge on any atom is -0.409 e. The molecule has 0 aliphatic rings. The fraction of sp³-hybridized carbons (Fsp3) is 0.250. The Morgan fingerprint density at radius 1 is 1.33 bits per heavy atom. The van der Waals surface area contributed by atoms with E-state index in [9.17, 15) is 0 Å². The molecule has 2 rings (SSSR count). The molecule has 0 amide bonds. The third-order valence-corrected chi connectivity index (χ3v) is 2.57. The monoisotopic (exact) mass is 245 g/mol. The summed E-state index contributed by atoms with van der Waals surface area (Å²) >= 11 is 0. The Balaban J connectivity index is 1.86. The summed E-state index contributed by atoms with van der Waals surface area (Å²) in [7, 11) is 0. The minimum atomic E-state index is -0.0724. The molecule has 0 radical (unpaired) electrons. The molecule has 6 heteroatoms. The normalized spacial score (nSPS) is 11.7. The molecule has 0 aliphatic carbocycles. The number of rotatable bonds is 5. The molecule has 1 aromatic carbocycles. The molecule has 0 bridgehead atoms. The molecule has 94 valence electrons. The van der Waals surface area contributed by atoms with Crippen molar-refractivity contribution in [2.75, 3.05) is 0 Å². The van der Waals surface area contributed by atoms with Crippen LogP contribution in [0.4, 0.5) is 0 Å². The summed E-state index contributed by atoms with van der Waals surface area (Å²) in [5.41, 5.74) is 6.69. The van der Waals surface area contributed by atoms with Gasteiger partial charge in [0.25, 0.3) is 0 Å². The van der Waals surface area contributed by atoms with Gasteiger partial charge in [-0.3, -0.25) is 4.68 Å². The zero-order valence-corrected chi connectivity index (χ0v) is 9.90. The topological polar surface area (TPSA) is 89.3 Å². The van der Waals surface area contributed by atoms with Crippen molar-refractivity contribution in [1.29, 1.82) is 0 Å². The standard InChI is InChI=1S/C12H15N5O/c13-11(16-18)12-14-9-17(15-12)8-4-7-10-5-2-1-3-6-10/h1-3,5-6,9,18H,4,7-8H2,(H2,13,16). The van der Waals surface area contributed by atoms with Crippen LogP contribution in [-0.2, 0) is 13.0 Å². The minimum absolute atomic E-state index is 0.0724. The highest BCUT2D eigenvalue weighted by molar-refractivity contribution is 5.93. The highest BCUT2D eigenvalue weighted by Crippen LogP contribution is 2.03. The smallest absolute Gasteiger partial charge is 0.219 e. The van der Waals surface area contributed by atoms with Gasteiger partial charge in [-0.2, -0.15) is 0 Å². The van der Waals surface area contributed by atoms with E-state index < -0.39 is 0 Å². The van der Waals surface area contributed by atoms with Gasteiger partial charge in [-0.25, -0.2) is 4.98 Å². The third kappa shape index (κ3) is 3.07. The van der Waals surface area contributed by atoms with E-state index in [1.807, 2.05) is 18.2 Å². The summed E-state index contributed by atoms with van der Waals surface area (Å²) in [6.45, 7) is 0.751. The molecule has 0 saturated heterocycles. The highest BCUT2D eigenvalue weighted by Gasteiger charge is 2.05. The van der Waals surface area contributed by atoms with Crippen LogP contribution in [0.3, 0.4) is 0 Å². The average Bonchev–Trinajstić information content (AvgIpc) is 2.88. The van der Waals surface area contributed by atoms with Gasteiger partial charge in [0, 0.05) is 6.54 Å². The zero-order valence-electron chi connectivity index (χ0n) is 9.90. The Bertz CT molecular complexity index is 520. The van der Waals surface area contributed by atoms with Crippen LogP contribution >= 0.6 is 0 Å². The van der Waals surface area contributed by atoms with Gasteiger partial charge >= 0.3 is 0 Å². The number of oxime groups is 1. The first-order valence-electron chi connectivity index (χ1n) is 5.71. The Hall–Kier alpha value is -2.37. The zero-order chi connectivity index (χ0) is 12.8. The van der Waals surface area contributed by atoms with Gasteiger partial charge < -0.3 is 10.9 Å². The molecule has 0 spiro atoms. The molecule has 0 aliphatic heterocycles. The van der Waals surface area contributed by atoms with Crippen LogP contribution in [0, 0.1) is 0 Å². The van der Waals surface area contributed by atoms with Crippen molar-refractivity contribution in [1.82, 2.24) is 14.8 Å². The first-order chi connectivity index (χ1) is 8.79. The van der Waals surface area contributed by atoms with E-state index in [-0.39, 0.29) is 11.7 Å². The summed E-state index contributed by atoms with van der Waals surface area (Å²) < 4.78 is 1.69. The molecule has 0 unspecified atom stereocenters. The molecular formula is C12H15N5O. The third-order valence-electron chi connectivity index (χ3n) is 2.57. The summed E-state index contributed by atoms with van der Waals surface area (Å²) in [6, 6.07) is 10.3. The second kappa shape index (κ2) is 5.81. The van der Waals surface area contributed by atoms with E-state index >= 15 is 0 Å². The number of benzene rings is 1. The Kier molecular flexibility index (Phi) is 3.90. The van der Waals surface area contributed by atoms with Crippen molar-refractivity contribution in [2.45, 2.75) is 19.4 Å². The van der Waals surface area contributed by atoms with Crippen molar-refractivity contribution >= 4 is 5.84 Å². The predicted molar refractivity (Wildman–Crippen MR) is 67.3 cm³/mol. The lowest BCUT2D eigenvalue weighted by atomic mass is 10.1. The first-order valence-corrected chi connectivity index (χ1v) is 5.71. The van der Waals surface area contributed by atoms with E-state index in [0.29, 0.717) is 0 Å². The van der Waals surface area contributed by atoms with Crippen LogP contribution in [0.1, 0.15) is 17.8 Å². The van der Waals surface area contributed by atoms with Crippen LogP contribution in [0.25, 0.3) is 0 Å². The maximum absolute atomic E-state index is 8.50. The average molecular weight is 245 g/mol. The number of hydrogen-bond acceptors (Lipinski definition) is 4. The van der Waals surface area contributed by atoms with Gasteiger partial charge in [0.2, 0.25) is 11.7 Å². The van der Waals surface area contributed by atoms with Gasteiger partial charge in [0.1, 0.15) is 6.33 Å². The summed E-state index contributed by atoms with van der Waals surface area (Å²) in [5, 5.41) is 15.5. The van der Waals surface area contributed by atoms with Crippen molar-refractivity contribution in [2.24, 2.45) is 10.9 Å². The lowest BCUT2D eigenvalue weighted by Gasteiger charge is -2.01. The van der Waals surface area contributed by atoms with Gasteiger partial charge in [0.05, 0.1) is 0 Å². The predicted octanol–water partition coefficient (Wildman–Crippen LogP) is 1.01. The van der Waals surface area contributed by atoms with Gasteiger partial charge in [-0.15, -0.1) is 5.10 Å². The summed E-state index contributed by atoms with van der Waals surface area (Å²) in [4.78, 5) is 3.95.